The average Bonchev–Trinajstić information content (AvgIpc) is 3.79. The van der Waals surface area contributed by atoms with Gasteiger partial charge in [0.2, 0.25) is 0 Å². The second-order valence-corrected chi connectivity index (χ2v) is 17.4. The summed E-state index contributed by atoms with van der Waals surface area (Å²) in [5.74, 6) is -0.709. The quantitative estimate of drug-likeness (QED) is 0.410. The molecule has 10 heterocycles. The lowest BCUT2D eigenvalue weighted by molar-refractivity contribution is -0.292. The average molecular weight is 731 g/mol. The van der Waals surface area contributed by atoms with Gasteiger partial charge in [0.25, 0.3) is 0 Å². The number of carbonyl (C=O) groups is 1. The molecular formula is C40H58O12. The Bertz CT molecular complexity index is 1370. The van der Waals surface area contributed by atoms with Crippen LogP contribution in [-0.4, -0.2) is 133 Å². The highest BCUT2D eigenvalue weighted by molar-refractivity contribution is 5.79. The molecule has 0 unspecified atom stereocenters. The zero-order chi connectivity index (χ0) is 35.9. The van der Waals surface area contributed by atoms with Crippen molar-refractivity contribution in [1.82, 2.24) is 0 Å². The van der Waals surface area contributed by atoms with Crippen LogP contribution in [0.25, 0.3) is 0 Å². The van der Waals surface area contributed by atoms with E-state index < -0.39 is 24.1 Å². The fourth-order valence-corrected chi connectivity index (χ4v) is 11.3. The Balaban J connectivity index is 0.994. The van der Waals surface area contributed by atoms with Crippen LogP contribution in [-0.2, 0) is 47.4 Å². The molecule has 0 saturated carbocycles. The van der Waals surface area contributed by atoms with Gasteiger partial charge in [-0.15, -0.1) is 0 Å². The number of hydrogen-bond donors (Lipinski definition) is 2. The predicted octanol–water partition coefficient (Wildman–Crippen LogP) is 3.47. The highest BCUT2D eigenvalue weighted by Gasteiger charge is 2.68. The van der Waals surface area contributed by atoms with E-state index >= 15 is 0 Å². The van der Waals surface area contributed by atoms with Crippen LogP contribution in [0.2, 0.25) is 0 Å². The first-order chi connectivity index (χ1) is 25.1. The van der Waals surface area contributed by atoms with Crippen LogP contribution in [0.5, 0.6) is 0 Å². The van der Waals surface area contributed by atoms with E-state index in [1.807, 2.05) is 0 Å². The minimum atomic E-state index is -0.951. The monoisotopic (exact) mass is 730 g/mol. The maximum absolute atomic E-state index is 14.0. The molecule has 0 aliphatic carbocycles. The van der Waals surface area contributed by atoms with Gasteiger partial charge in [0.1, 0.15) is 36.3 Å². The Kier molecular flexibility index (Phi) is 10.0. The number of Topliss-reactive ketones (excluding diaryl/α,β-unsaturated/α-hetero) is 1. The summed E-state index contributed by atoms with van der Waals surface area (Å²) in [6.45, 7) is 10.7. The lowest BCUT2D eigenvalue weighted by Crippen LogP contribution is -2.61. The number of ether oxygens (including phenoxy) is 9. The fourth-order valence-electron chi connectivity index (χ4n) is 11.3. The molecule has 10 aliphatic rings. The van der Waals surface area contributed by atoms with Crippen LogP contribution < -0.4 is 0 Å². The van der Waals surface area contributed by atoms with E-state index in [4.69, 9.17) is 42.6 Å². The first kappa shape index (κ1) is 36.4. The first-order valence-electron chi connectivity index (χ1n) is 20.1. The molecule has 290 valence electrons. The number of aliphatic hydroxyl groups excluding tert-OH is 2. The van der Waals surface area contributed by atoms with Gasteiger partial charge >= 0.3 is 0 Å². The minimum absolute atomic E-state index is 0.0260. The van der Waals surface area contributed by atoms with Gasteiger partial charge in [0.15, 0.2) is 5.79 Å². The molecule has 12 nitrogen and oxygen atoms in total. The van der Waals surface area contributed by atoms with Gasteiger partial charge in [-0.3, -0.25) is 4.79 Å². The number of aliphatic hydroxyl groups is 2. The van der Waals surface area contributed by atoms with Gasteiger partial charge in [-0.1, -0.05) is 20.1 Å². The maximum atomic E-state index is 14.0. The van der Waals surface area contributed by atoms with E-state index in [1.54, 1.807) is 7.11 Å². The number of rotatable bonds is 4. The van der Waals surface area contributed by atoms with Gasteiger partial charge in [0, 0.05) is 51.6 Å². The normalized spacial score (nSPS) is 52.4. The van der Waals surface area contributed by atoms with Crippen LogP contribution >= 0.6 is 0 Å². The highest BCUT2D eigenvalue weighted by Crippen LogP contribution is 2.54. The summed E-state index contributed by atoms with van der Waals surface area (Å²) in [6, 6.07) is 0. The Morgan fingerprint density at radius 3 is 2.37 bits per heavy atom. The molecule has 10 saturated heterocycles. The van der Waals surface area contributed by atoms with Crippen LogP contribution in [0, 0.1) is 11.8 Å². The Labute approximate surface area is 306 Å². The second kappa shape index (κ2) is 14.3. The topological polar surface area (TPSA) is 141 Å². The van der Waals surface area contributed by atoms with E-state index in [9.17, 15) is 15.0 Å². The van der Waals surface area contributed by atoms with Crippen LogP contribution in [0.3, 0.4) is 0 Å². The number of methoxy groups -OCH3 is 1. The predicted molar refractivity (Wildman–Crippen MR) is 184 cm³/mol. The lowest BCUT2D eigenvalue weighted by atomic mass is 9.81. The largest absolute Gasteiger partial charge is 0.394 e. The minimum Gasteiger partial charge on any atom is -0.394 e. The molecule has 1 spiro atoms. The van der Waals surface area contributed by atoms with Gasteiger partial charge in [0.05, 0.1) is 73.8 Å². The third-order valence-electron chi connectivity index (χ3n) is 13.9. The summed E-state index contributed by atoms with van der Waals surface area (Å²) in [5, 5.41) is 20.1. The van der Waals surface area contributed by atoms with Crippen molar-refractivity contribution in [3.63, 3.8) is 0 Å². The van der Waals surface area contributed by atoms with Crippen LogP contribution in [0.15, 0.2) is 24.3 Å². The zero-order valence-electron chi connectivity index (χ0n) is 30.7. The van der Waals surface area contributed by atoms with Crippen molar-refractivity contribution >= 4 is 5.78 Å². The highest BCUT2D eigenvalue weighted by atomic mass is 16.8. The molecule has 0 aromatic carbocycles. The molecule has 19 atom stereocenters. The van der Waals surface area contributed by atoms with E-state index in [0.717, 1.165) is 49.7 Å². The van der Waals surface area contributed by atoms with E-state index in [-0.39, 0.29) is 123 Å². The van der Waals surface area contributed by atoms with Gasteiger partial charge in [-0.05, 0) is 62.0 Å². The first-order valence-corrected chi connectivity index (χ1v) is 20.1. The molecular weight excluding hydrogens is 672 g/mol. The summed E-state index contributed by atoms with van der Waals surface area (Å²) in [6.07, 6.45) is 4.01. The number of carbonyl (C=O) groups excluding carboxylic acids is 1. The number of ketones is 1. The van der Waals surface area contributed by atoms with Crippen LogP contribution in [0.1, 0.15) is 90.4 Å². The molecule has 0 aromatic rings. The molecule has 52 heavy (non-hydrogen) atoms. The Morgan fingerprint density at radius 1 is 0.788 bits per heavy atom. The van der Waals surface area contributed by atoms with Crippen molar-refractivity contribution in [2.24, 2.45) is 11.8 Å². The zero-order valence-corrected chi connectivity index (χ0v) is 30.7. The Hall–Kier alpha value is -1.29. The summed E-state index contributed by atoms with van der Waals surface area (Å²) >= 11 is 0. The summed E-state index contributed by atoms with van der Waals surface area (Å²) in [7, 11) is 1.63. The standard InChI is InChI=1S/C40H58O12/c1-19-11-24-5-7-28-20(2)12-26(45-28)9-10-40-17-33-36(51-40)37-38(50-33)39(52-40)35-29(49-37)8-6-25(47-35)13-22(42)14-27-31(16-30(46-24)21(19)3)48-32(34(27)44-4)15-23(43)18-41/h19,23-39,41,43H,2-3,5-18H2,1,4H3/t19-,23+,24+,25-,26+,27+,28+,29+,30-,31+,32-,33-,34-,35+,36+,37+,38-,39-,40-/m1/s1. The molecule has 10 fully saturated rings. The van der Waals surface area contributed by atoms with Gasteiger partial charge in [-0.25, -0.2) is 0 Å². The van der Waals surface area contributed by atoms with E-state index in [0.29, 0.717) is 25.7 Å². The van der Waals surface area contributed by atoms with E-state index in [1.165, 1.54) is 0 Å². The molecule has 0 aromatic heterocycles. The molecule has 0 radical (unpaired) electrons. The van der Waals surface area contributed by atoms with Crippen molar-refractivity contribution in [3.8, 4) is 0 Å². The Morgan fingerprint density at radius 2 is 1.54 bits per heavy atom. The van der Waals surface area contributed by atoms with Gasteiger partial charge < -0.3 is 52.8 Å². The SMILES string of the molecule is C=C1C[C@@H]2CC[C@]34C[C@H]5O[C@@H]6[C@@H](O[C@H]7CC[C@H](CC(=O)C[C@@H]8[C@@H](OC)[C@@H](C[C@H](O)CO)O[C@H]8C[C@H]8O[C@@H](CC[C@@H]1O2)C[C@@H](C)C8=C)O[C@@H]7[C@H]6O3)[C@H]5O4. The molecule has 2 N–H and O–H groups in total. The molecule has 0 amide bonds. The third-order valence-corrected chi connectivity index (χ3v) is 13.9. The third kappa shape index (κ3) is 6.59. The second-order valence-electron chi connectivity index (χ2n) is 17.4. The smallest absolute Gasteiger partial charge is 0.172 e. The van der Waals surface area contributed by atoms with Crippen molar-refractivity contribution in [3.05, 3.63) is 24.3 Å². The lowest BCUT2D eigenvalue weighted by Gasteiger charge is -2.47. The summed E-state index contributed by atoms with van der Waals surface area (Å²) in [5.41, 5.74) is 2.17. The number of fused-ring (bicyclic) bond motifs is 6. The summed E-state index contributed by atoms with van der Waals surface area (Å²) in [4.78, 5) is 14.0. The van der Waals surface area contributed by atoms with Crippen molar-refractivity contribution in [1.29, 1.82) is 0 Å². The molecule has 12 heteroatoms. The summed E-state index contributed by atoms with van der Waals surface area (Å²) < 4.78 is 59.8. The molecule has 12 bridgehead atoms. The molecule has 10 aliphatic heterocycles. The number of hydrogen-bond acceptors (Lipinski definition) is 12. The van der Waals surface area contributed by atoms with Crippen LogP contribution in [0.4, 0.5) is 0 Å². The van der Waals surface area contributed by atoms with E-state index in [2.05, 4.69) is 20.1 Å². The van der Waals surface area contributed by atoms with Crippen molar-refractivity contribution in [2.75, 3.05) is 13.7 Å². The maximum Gasteiger partial charge on any atom is 0.172 e. The fraction of sp³-hybridized carbons (Fsp3) is 0.875. The van der Waals surface area contributed by atoms with Gasteiger partial charge in [-0.2, -0.15) is 0 Å². The van der Waals surface area contributed by atoms with Crippen molar-refractivity contribution < 1.29 is 57.6 Å². The molecule has 10 rings (SSSR count). The van der Waals surface area contributed by atoms with Crippen molar-refractivity contribution in [2.45, 2.75) is 194 Å².